The molecule has 34 heavy (non-hydrogen) atoms. The summed E-state index contributed by atoms with van der Waals surface area (Å²) in [7, 11) is 4.14. The number of benzene rings is 2. The highest BCUT2D eigenvalue weighted by atomic mass is 16.6. The third-order valence-corrected chi connectivity index (χ3v) is 6.71. The van der Waals surface area contributed by atoms with Gasteiger partial charge >= 0.3 is 5.97 Å². The Hall–Kier alpha value is -2.33. The van der Waals surface area contributed by atoms with Crippen LogP contribution in [0.3, 0.4) is 0 Å². The average molecular weight is 469 g/mol. The Morgan fingerprint density at radius 3 is 2.26 bits per heavy atom. The molecule has 0 aromatic heterocycles. The zero-order valence-corrected chi connectivity index (χ0v) is 22.1. The fraction of sp³-hybridized carbons (Fsp3) is 0.567. The Labute approximate surface area is 207 Å². The Balaban J connectivity index is 1.81. The van der Waals surface area contributed by atoms with Gasteiger partial charge in [-0.1, -0.05) is 88.4 Å². The van der Waals surface area contributed by atoms with Crippen LogP contribution in [0.15, 0.2) is 54.6 Å². The number of carbonyl (C=O) groups is 1. The van der Waals surface area contributed by atoms with Crippen LogP contribution in [0.2, 0.25) is 0 Å². The number of carbonyl (C=O) groups excluding carboxylic acids is 1. The number of nitrogens with zero attached hydrogens (tertiary/aromatic N) is 1. The van der Waals surface area contributed by atoms with Crippen molar-refractivity contribution in [2.24, 2.45) is 0 Å². The van der Waals surface area contributed by atoms with Gasteiger partial charge in [0.2, 0.25) is 0 Å². The molecule has 0 saturated heterocycles. The van der Waals surface area contributed by atoms with Crippen molar-refractivity contribution in [3.05, 3.63) is 65.7 Å². The van der Waals surface area contributed by atoms with Crippen molar-refractivity contribution in [2.75, 3.05) is 20.7 Å². The lowest BCUT2D eigenvalue weighted by Crippen LogP contribution is -2.51. The van der Waals surface area contributed by atoms with Crippen molar-refractivity contribution < 1.29 is 18.8 Å². The quantitative estimate of drug-likeness (QED) is 0.152. The monoisotopic (exact) mass is 468 g/mol. The SMILES string of the molecule is CCCCCCCCc1cccc(OC(CC)COC(=O)C(C)[N+](C)(C)Cc2ccccc2)c1. The zero-order valence-electron chi connectivity index (χ0n) is 22.1. The van der Waals surface area contributed by atoms with Gasteiger partial charge in [-0.15, -0.1) is 0 Å². The van der Waals surface area contributed by atoms with E-state index in [9.17, 15) is 4.79 Å². The summed E-state index contributed by atoms with van der Waals surface area (Å²) in [4.78, 5) is 12.8. The van der Waals surface area contributed by atoms with E-state index < -0.39 is 0 Å². The molecule has 0 fully saturated rings. The van der Waals surface area contributed by atoms with Crippen LogP contribution in [0.4, 0.5) is 0 Å². The maximum Gasteiger partial charge on any atom is 0.364 e. The molecule has 0 spiro atoms. The fourth-order valence-corrected chi connectivity index (χ4v) is 4.08. The van der Waals surface area contributed by atoms with Crippen LogP contribution in [-0.2, 0) is 22.5 Å². The second-order valence-electron chi connectivity index (χ2n) is 10.0. The standard InChI is InChI=1S/C30H46NO3/c1-6-8-9-10-11-13-17-26-20-16-21-29(22-26)34-28(7-2)24-33-30(32)25(3)31(4,5)23-27-18-14-12-15-19-27/h12,14-16,18-22,25,28H,6-11,13,17,23-24H2,1-5H3/q+1. The second-order valence-corrected chi connectivity index (χ2v) is 10.0. The molecule has 4 nitrogen and oxygen atoms in total. The number of rotatable bonds is 16. The summed E-state index contributed by atoms with van der Waals surface area (Å²) in [5.74, 6) is 0.680. The van der Waals surface area contributed by atoms with Crippen LogP contribution in [0.25, 0.3) is 0 Å². The van der Waals surface area contributed by atoms with Gasteiger partial charge in [-0.05, 0) is 43.9 Å². The van der Waals surface area contributed by atoms with Crippen molar-refractivity contribution >= 4 is 5.97 Å². The summed E-state index contributed by atoms with van der Waals surface area (Å²) >= 11 is 0. The van der Waals surface area contributed by atoms with E-state index in [-0.39, 0.29) is 24.7 Å². The maximum atomic E-state index is 12.8. The molecule has 0 aliphatic heterocycles. The molecule has 0 saturated carbocycles. The summed E-state index contributed by atoms with van der Waals surface area (Å²) in [5, 5.41) is 0. The van der Waals surface area contributed by atoms with Crippen LogP contribution in [0, 0.1) is 0 Å². The van der Waals surface area contributed by atoms with Crippen LogP contribution in [0.1, 0.15) is 76.8 Å². The topological polar surface area (TPSA) is 35.5 Å². The zero-order chi connectivity index (χ0) is 24.8. The number of hydrogen-bond donors (Lipinski definition) is 0. The molecule has 0 bridgehead atoms. The Kier molecular flexibility index (Phi) is 12.2. The Bertz CT molecular complexity index is 834. The average Bonchev–Trinajstić information content (AvgIpc) is 2.83. The van der Waals surface area contributed by atoms with Gasteiger partial charge in [0, 0.05) is 5.56 Å². The van der Waals surface area contributed by atoms with E-state index in [0.29, 0.717) is 4.48 Å². The van der Waals surface area contributed by atoms with E-state index in [1.165, 1.54) is 49.7 Å². The number of likely N-dealkylation sites (N-methyl/N-ethyl adjacent to an activating group) is 1. The minimum Gasteiger partial charge on any atom is -0.487 e. The number of esters is 1. The molecular formula is C30H46NO3+. The lowest BCUT2D eigenvalue weighted by atomic mass is 10.0. The summed E-state index contributed by atoms with van der Waals surface area (Å²) in [6.07, 6.45) is 9.53. The fourth-order valence-electron chi connectivity index (χ4n) is 4.08. The minimum atomic E-state index is -0.265. The van der Waals surface area contributed by atoms with Gasteiger partial charge in [0.05, 0.1) is 14.1 Å². The summed E-state index contributed by atoms with van der Waals surface area (Å²) < 4.78 is 12.5. The third kappa shape index (κ3) is 9.89. The molecule has 0 heterocycles. The number of quaternary nitrogens is 1. The van der Waals surface area contributed by atoms with E-state index in [4.69, 9.17) is 9.47 Å². The van der Waals surface area contributed by atoms with Crippen molar-refractivity contribution in [1.82, 2.24) is 0 Å². The number of aryl methyl sites for hydroxylation is 1. The third-order valence-electron chi connectivity index (χ3n) is 6.71. The molecule has 0 aliphatic carbocycles. The molecule has 0 amide bonds. The first kappa shape index (κ1) is 27.9. The Morgan fingerprint density at radius 1 is 0.882 bits per heavy atom. The lowest BCUT2D eigenvalue weighted by molar-refractivity contribution is -0.917. The van der Waals surface area contributed by atoms with Gasteiger partial charge in [-0.25, -0.2) is 4.79 Å². The minimum absolute atomic E-state index is 0.148. The first-order chi connectivity index (χ1) is 16.4. The van der Waals surface area contributed by atoms with Crippen LogP contribution < -0.4 is 4.74 Å². The van der Waals surface area contributed by atoms with E-state index >= 15 is 0 Å². The van der Waals surface area contributed by atoms with E-state index in [0.717, 1.165) is 25.1 Å². The molecule has 0 aliphatic rings. The van der Waals surface area contributed by atoms with Crippen LogP contribution in [-0.4, -0.2) is 43.3 Å². The lowest BCUT2D eigenvalue weighted by Gasteiger charge is -2.34. The highest BCUT2D eigenvalue weighted by Crippen LogP contribution is 2.19. The second kappa shape index (κ2) is 14.8. The first-order valence-electron chi connectivity index (χ1n) is 13.1. The first-order valence-corrected chi connectivity index (χ1v) is 13.1. The maximum absolute atomic E-state index is 12.8. The molecule has 2 atom stereocenters. The molecule has 4 heteroatoms. The highest BCUT2D eigenvalue weighted by molar-refractivity contribution is 5.74. The molecular weight excluding hydrogens is 422 g/mol. The molecule has 2 rings (SSSR count). The van der Waals surface area contributed by atoms with Gasteiger partial charge in [-0.3, -0.25) is 0 Å². The van der Waals surface area contributed by atoms with Crippen molar-refractivity contribution in [3.63, 3.8) is 0 Å². The largest absolute Gasteiger partial charge is 0.487 e. The predicted molar refractivity (Wildman–Crippen MR) is 141 cm³/mol. The van der Waals surface area contributed by atoms with E-state index in [2.05, 4.69) is 58.3 Å². The highest BCUT2D eigenvalue weighted by Gasteiger charge is 2.32. The van der Waals surface area contributed by atoms with Gasteiger partial charge in [0.1, 0.15) is 25.0 Å². The Morgan fingerprint density at radius 2 is 1.56 bits per heavy atom. The number of unbranched alkanes of at least 4 members (excludes halogenated alkanes) is 5. The van der Waals surface area contributed by atoms with Crippen molar-refractivity contribution in [2.45, 2.75) is 90.8 Å². The molecule has 2 unspecified atom stereocenters. The molecule has 0 N–H and O–H groups in total. The molecule has 2 aromatic rings. The van der Waals surface area contributed by atoms with Crippen LogP contribution in [0.5, 0.6) is 5.75 Å². The smallest absolute Gasteiger partial charge is 0.364 e. The summed E-state index contributed by atoms with van der Waals surface area (Å²) in [6.45, 7) is 7.31. The van der Waals surface area contributed by atoms with Gasteiger partial charge in [0.15, 0.2) is 6.04 Å². The predicted octanol–water partition coefficient (Wildman–Crippen LogP) is 6.96. The molecule has 188 valence electrons. The van der Waals surface area contributed by atoms with Gasteiger partial charge < -0.3 is 14.0 Å². The number of ether oxygens (including phenoxy) is 2. The summed E-state index contributed by atoms with van der Waals surface area (Å²) in [6, 6.07) is 18.4. The van der Waals surface area contributed by atoms with Crippen LogP contribution >= 0.6 is 0 Å². The van der Waals surface area contributed by atoms with Gasteiger partial charge in [-0.2, -0.15) is 0 Å². The normalized spacial score (nSPS) is 13.3. The van der Waals surface area contributed by atoms with Crippen molar-refractivity contribution in [3.8, 4) is 5.75 Å². The summed E-state index contributed by atoms with van der Waals surface area (Å²) in [5.41, 5.74) is 2.52. The van der Waals surface area contributed by atoms with Crippen molar-refractivity contribution in [1.29, 1.82) is 0 Å². The molecule has 0 radical (unpaired) electrons. The van der Waals surface area contributed by atoms with Gasteiger partial charge in [0.25, 0.3) is 0 Å². The van der Waals surface area contributed by atoms with E-state index in [1.807, 2.05) is 31.2 Å². The van der Waals surface area contributed by atoms with E-state index in [1.54, 1.807) is 0 Å². The number of hydrogen-bond acceptors (Lipinski definition) is 3. The molecule has 2 aromatic carbocycles.